The number of hydrogen-bond acceptors (Lipinski definition) is 5. The second-order valence-corrected chi connectivity index (χ2v) is 7.31. The number of piperazine rings is 1. The lowest BCUT2D eigenvalue weighted by Crippen LogP contribution is -2.44. The maximum atomic E-state index is 4.77. The van der Waals surface area contributed by atoms with Gasteiger partial charge in [0.2, 0.25) is 0 Å². The van der Waals surface area contributed by atoms with Crippen LogP contribution in [0.3, 0.4) is 0 Å². The fraction of sp³-hybridized carbons (Fsp3) is 0.579. The highest BCUT2D eigenvalue weighted by molar-refractivity contribution is 5.12. The fourth-order valence-electron chi connectivity index (χ4n) is 3.88. The zero-order valence-corrected chi connectivity index (χ0v) is 15.3. The Morgan fingerprint density at radius 2 is 1.84 bits per heavy atom. The van der Waals surface area contributed by atoms with Crippen LogP contribution in [0.4, 0.5) is 0 Å². The topological polar surface area (TPSA) is 40.4 Å². The van der Waals surface area contributed by atoms with Crippen LogP contribution in [0, 0.1) is 0 Å². The molecule has 0 saturated carbocycles. The lowest BCUT2D eigenvalue weighted by atomic mass is 10.2. The molecule has 0 aliphatic carbocycles. The first-order chi connectivity index (χ1) is 12.2. The first kappa shape index (κ1) is 16.7. The van der Waals surface area contributed by atoms with Crippen LogP contribution >= 0.6 is 0 Å². The summed E-state index contributed by atoms with van der Waals surface area (Å²) in [5, 5.41) is 0. The minimum Gasteiger partial charge on any atom is -0.328 e. The van der Waals surface area contributed by atoms with E-state index in [9.17, 15) is 0 Å². The molecule has 2 aromatic rings. The summed E-state index contributed by atoms with van der Waals surface area (Å²) in [6.45, 7) is 10.9. The van der Waals surface area contributed by atoms with E-state index in [1.807, 2.05) is 12.3 Å². The summed E-state index contributed by atoms with van der Waals surface area (Å²) in [5.41, 5.74) is 2.50. The Labute approximate surface area is 150 Å². The smallest absolute Gasteiger partial charge is 0.126 e. The molecule has 6 nitrogen and oxygen atoms in total. The van der Waals surface area contributed by atoms with E-state index in [0.29, 0.717) is 6.04 Å². The molecule has 1 atom stereocenters. The first-order valence-corrected chi connectivity index (χ1v) is 9.30. The number of rotatable bonds is 4. The van der Waals surface area contributed by atoms with E-state index in [4.69, 9.17) is 4.98 Å². The van der Waals surface area contributed by atoms with Gasteiger partial charge in [-0.3, -0.25) is 14.8 Å². The Hall–Kier alpha value is -1.76. The summed E-state index contributed by atoms with van der Waals surface area (Å²) in [4.78, 5) is 16.7. The number of nitrogens with zero attached hydrogens (tertiary/aromatic N) is 6. The predicted molar refractivity (Wildman–Crippen MR) is 98.1 cm³/mol. The van der Waals surface area contributed by atoms with Crippen molar-refractivity contribution in [1.82, 2.24) is 29.2 Å². The Kier molecular flexibility index (Phi) is 4.83. The van der Waals surface area contributed by atoms with Crippen molar-refractivity contribution in [3.8, 4) is 0 Å². The number of likely N-dealkylation sites (N-methyl/N-ethyl adjacent to an activating group) is 1. The third-order valence-corrected chi connectivity index (χ3v) is 5.57. The summed E-state index contributed by atoms with van der Waals surface area (Å²) >= 11 is 0. The Morgan fingerprint density at radius 1 is 1.00 bits per heavy atom. The van der Waals surface area contributed by atoms with Crippen LogP contribution in [0.25, 0.3) is 0 Å². The van der Waals surface area contributed by atoms with Gasteiger partial charge in [-0.05, 0) is 26.1 Å². The maximum absolute atomic E-state index is 4.77. The monoisotopic (exact) mass is 340 g/mol. The van der Waals surface area contributed by atoms with Gasteiger partial charge in [0.05, 0.1) is 17.4 Å². The van der Waals surface area contributed by atoms with Gasteiger partial charge in [-0.15, -0.1) is 0 Å². The lowest BCUT2D eigenvalue weighted by Gasteiger charge is -2.35. The number of aromatic nitrogens is 3. The van der Waals surface area contributed by atoms with Crippen LogP contribution in [0.15, 0.2) is 30.6 Å². The standard InChI is InChI=1S/C19H28N6/c1-16-19-21-13-18(15-23-9-7-22(2)8-10-23)25(19)12-11-24(16)14-17-5-3-4-6-20-17/h3-6,13,16H,7-12,14-15H2,1-2H3/t16-/m1/s1. The van der Waals surface area contributed by atoms with Crippen molar-refractivity contribution in [1.29, 1.82) is 0 Å². The Balaban J connectivity index is 1.44. The van der Waals surface area contributed by atoms with Crippen LogP contribution in [0.5, 0.6) is 0 Å². The van der Waals surface area contributed by atoms with Crippen LogP contribution in [-0.2, 0) is 19.6 Å². The maximum Gasteiger partial charge on any atom is 0.126 e. The number of hydrogen-bond donors (Lipinski definition) is 0. The predicted octanol–water partition coefficient (Wildman–Crippen LogP) is 1.60. The third-order valence-electron chi connectivity index (χ3n) is 5.57. The largest absolute Gasteiger partial charge is 0.328 e. The second-order valence-electron chi connectivity index (χ2n) is 7.31. The molecular weight excluding hydrogens is 312 g/mol. The van der Waals surface area contributed by atoms with Crippen molar-refractivity contribution in [3.05, 3.63) is 47.8 Å². The van der Waals surface area contributed by atoms with Crippen LogP contribution in [0.2, 0.25) is 0 Å². The zero-order chi connectivity index (χ0) is 17.2. The molecule has 25 heavy (non-hydrogen) atoms. The van der Waals surface area contributed by atoms with E-state index in [1.165, 1.54) is 11.5 Å². The fourth-order valence-corrected chi connectivity index (χ4v) is 3.88. The number of imidazole rings is 1. The van der Waals surface area contributed by atoms with E-state index < -0.39 is 0 Å². The van der Waals surface area contributed by atoms with Crippen molar-refractivity contribution in [2.24, 2.45) is 0 Å². The van der Waals surface area contributed by atoms with Crippen molar-refractivity contribution < 1.29 is 0 Å². The van der Waals surface area contributed by atoms with Crippen LogP contribution in [0.1, 0.15) is 30.2 Å². The van der Waals surface area contributed by atoms with Gasteiger partial charge in [0.25, 0.3) is 0 Å². The third kappa shape index (κ3) is 3.61. The molecule has 0 aromatic carbocycles. The quantitative estimate of drug-likeness (QED) is 0.846. The molecule has 0 N–H and O–H groups in total. The van der Waals surface area contributed by atoms with Gasteiger partial charge in [-0.25, -0.2) is 4.98 Å². The van der Waals surface area contributed by atoms with Crippen LogP contribution < -0.4 is 0 Å². The van der Waals surface area contributed by atoms with Crippen molar-refractivity contribution in [2.45, 2.75) is 32.6 Å². The van der Waals surface area contributed by atoms with Gasteiger partial charge in [0.1, 0.15) is 5.82 Å². The molecule has 1 fully saturated rings. The van der Waals surface area contributed by atoms with E-state index in [2.05, 4.69) is 56.6 Å². The lowest BCUT2D eigenvalue weighted by molar-refractivity contribution is 0.136. The molecule has 1 saturated heterocycles. The minimum atomic E-state index is 0.331. The molecule has 2 aliphatic heterocycles. The van der Waals surface area contributed by atoms with E-state index in [-0.39, 0.29) is 0 Å². The Bertz CT molecular complexity index is 689. The zero-order valence-electron chi connectivity index (χ0n) is 15.3. The van der Waals surface area contributed by atoms with E-state index in [0.717, 1.165) is 58.1 Å². The van der Waals surface area contributed by atoms with E-state index in [1.54, 1.807) is 0 Å². The highest BCUT2D eigenvalue weighted by Gasteiger charge is 2.28. The molecule has 0 spiro atoms. The normalized spacial score (nSPS) is 22.9. The Morgan fingerprint density at radius 3 is 2.60 bits per heavy atom. The van der Waals surface area contributed by atoms with Gasteiger partial charge in [0, 0.05) is 64.8 Å². The molecular formula is C19H28N6. The summed E-state index contributed by atoms with van der Waals surface area (Å²) in [7, 11) is 2.20. The number of pyridine rings is 1. The van der Waals surface area contributed by atoms with Gasteiger partial charge in [0.15, 0.2) is 0 Å². The molecule has 0 unspecified atom stereocenters. The molecule has 6 heteroatoms. The molecule has 0 radical (unpaired) electrons. The highest BCUT2D eigenvalue weighted by Crippen LogP contribution is 2.27. The van der Waals surface area contributed by atoms with Gasteiger partial charge in [-0.1, -0.05) is 6.07 Å². The van der Waals surface area contributed by atoms with Crippen molar-refractivity contribution in [2.75, 3.05) is 39.8 Å². The molecule has 2 aromatic heterocycles. The molecule has 4 heterocycles. The highest BCUT2D eigenvalue weighted by atomic mass is 15.3. The van der Waals surface area contributed by atoms with E-state index >= 15 is 0 Å². The molecule has 2 aliphatic rings. The number of fused-ring (bicyclic) bond motifs is 1. The molecule has 0 bridgehead atoms. The van der Waals surface area contributed by atoms with Gasteiger partial charge in [-0.2, -0.15) is 0 Å². The molecule has 0 amide bonds. The van der Waals surface area contributed by atoms with Gasteiger partial charge < -0.3 is 9.47 Å². The van der Waals surface area contributed by atoms with Crippen molar-refractivity contribution >= 4 is 0 Å². The average Bonchev–Trinajstić information content (AvgIpc) is 3.04. The minimum absolute atomic E-state index is 0.331. The van der Waals surface area contributed by atoms with Gasteiger partial charge >= 0.3 is 0 Å². The SMILES string of the molecule is C[C@@H]1c2ncc(CN3CCN(C)CC3)n2CCN1Cc1ccccn1. The molecule has 134 valence electrons. The summed E-state index contributed by atoms with van der Waals surface area (Å²) in [6.07, 6.45) is 3.97. The second kappa shape index (κ2) is 7.23. The van der Waals surface area contributed by atoms with Crippen LogP contribution in [-0.4, -0.2) is 69.0 Å². The summed E-state index contributed by atoms with van der Waals surface area (Å²) < 4.78 is 2.44. The summed E-state index contributed by atoms with van der Waals surface area (Å²) in [5.74, 6) is 1.20. The summed E-state index contributed by atoms with van der Waals surface area (Å²) in [6, 6.07) is 6.47. The first-order valence-electron chi connectivity index (χ1n) is 9.30. The van der Waals surface area contributed by atoms with Crippen molar-refractivity contribution in [3.63, 3.8) is 0 Å². The molecule has 4 rings (SSSR count). The average molecular weight is 340 g/mol.